The molecule has 1 unspecified atom stereocenters. The highest BCUT2D eigenvalue weighted by molar-refractivity contribution is 5.93. The van der Waals surface area contributed by atoms with Crippen LogP contribution >= 0.6 is 0 Å². The van der Waals surface area contributed by atoms with Crippen LogP contribution < -0.4 is 10.9 Å². The Hall–Kier alpha value is -2.60. The van der Waals surface area contributed by atoms with Gasteiger partial charge in [0.1, 0.15) is 5.82 Å². The molecule has 1 saturated heterocycles. The Morgan fingerprint density at radius 2 is 2.17 bits per heavy atom. The third kappa shape index (κ3) is 3.57. The number of pyridine rings is 1. The van der Waals surface area contributed by atoms with Crippen LogP contribution in [0.15, 0.2) is 39.9 Å². The molecule has 152 valence electrons. The number of aliphatic imine (C=N–C) groups is 1. The van der Waals surface area contributed by atoms with Gasteiger partial charge < -0.3 is 15.2 Å². The minimum Gasteiger partial charge on any atom is -0.384 e. The quantitative estimate of drug-likeness (QED) is 0.844. The number of fused-ring (bicyclic) bond motifs is 3. The number of hydrogen-bond donors (Lipinski definition) is 2. The van der Waals surface area contributed by atoms with Gasteiger partial charge in [-0.2, -0.15) is 0 Å². The fourth-order valence-corrected chi connectivity index (χ4v) is 4.79. The first-order chi connectivity index (χ1) is 14.2. The molecule has 0 radical (unpaired) electrons. The van der Waals surface area contributed by atoms with Crippen LogP contribution in [0.2, 0.25) is 0 Å². The molecule has 1 atom stereocenters. The van der Waals surface area contributed by atoms with Gasteiger partial charge in [0.2, 0.25) is 0 Å². The summed E-state index contributed by atoms with van der Waals surface area (Å²) in [5, 5.41) is 4.57. The second-order valence-corrected chi connectivity index (χ2v) is 8.43. The lowest BCUT2D eigenvalue weighted by molar-refractivity contribution is 0.0969. The van der Waals surface area contributed by atoms with Crippen molar-refractivity contribution in [3.63, 3.8) is 0 Å². The van der Waals surface area contributed by atoms with Crippen LogP contribution in [0.25, 0.3) is 10.9 Å². The number of H-pyrrole nitrogens is 1. The van der Waals surface area contributed by atoms with Crippen LogP contribution in [0.4, 0.5) is 5.69 Å². The monoisotopic (exact) mass is 391 g/mol. The van der Waals surface area contributed by atoms with E-state index in [4.69, 9.17) is 0 Å². The average Bonchev–Trinajstić information content (AvgIpc) is 2.76. The number of rotatable bonds is 3. The molecule has 4 heterocycles. The summed E-state index contributed by atoms with van der Waals surface area (Å²) in [4.78, 5) is 25.1. The lowest BCUT2D eigenvalue weighted by Crippen LogP contribution is -2.50. The molecule has 6 nitrogen and oxygen atoms in total. The SMILES string of the molecule is CC1CN(C2=CCCC=N2)CCN1Cc1ccc2c3c(c(=O)[nH]c2c1)CCCN3. The van der Waals surface area contributed by atoms with Crippen LogP contribution in [0.5, 0.6) is 0 Å². The second kappa shape index (κ2) is 7.67. The minimum atomic E-state index is 0.0557. The number of anilines is 1. The lowest BCUT2D eigenvalue weighted by atomic mass is 10.0. The van der Waals surface area contributed by atoms with Crippen LogP contribution in [0.1, 0.15) is 37.3 Å². The molecule has 1 aromatic carbocycles. The summed E-state index contributed by atoms with van der Waals surface area (Å²) in [6.45, 7) is 7.17. The van der Waals surface area contributed by atoms with Crippen LogP contribution in [-0.4, -0.2) is 53.2 Å². The summed E-state index contributed by atoms with van der Waals surface area (Å²) in [6.07, 6.45) is 8.33. The van der Waals surface area contributed by atoms with Crippen molar-refractivity contribution >= 4 is 22.8 Å². The van der Waals surface area contributed by atoms with E-state index in [2.05, 4.69) is 56.3 Å². The number of aromatic nitrogens is 1. The first-order valence-electron chi connectivity index (χ1n) is 10.8. The summed E-state index contributed by atoms with van der Waals surface area (Å²) in [5.41, 5.74) is 4.18. The van der Waals surface area contributed by atoms with Gasteiger partial charge >= 0.3 is 0 Å². The molecule has 0 spiro atoms. The molecule has 3 aliphatic rings. The zero-order valence-electron chi connectivity index (χ0n) is 17.1. The Morgan fingerprint density at radius 1 is 1.24 bits per heavy atom. The minimum absolute atomic E-state index is 0.0557. The van der Waals surface area contributed by atoms with Gasteiger partial charge in [0.25, 0.3) is 5.56 Å². The Morgan fingerprint density at radius 3 is 3.00 bits per heavy atom. The maximum absolute atomic E-state index is 12.5. The molecule has 0 aliphatic carbocycles. The molecule has 2 aromatic rings. The van der Waals surface area contributed by atoms with Gasteiger partial charge in [-0.3, -0.25) is 9.69 Å². The zero-order chi connectivity index (χ0) is 19.8. The third-order valence-electron chi connectivity index (χ3n) is 6.40. The highest BCUT2D eigenvalue weighted by atomic mass is 16.1. The van der Waals surface area contributed by atoms with E-state index >= 15 is 0 Å². The highest BCUT2D eigenvalue weighted by Gasteiger charge is 2.25. The summed E-state index contributed by atoms with van der Waals surface area (Å²) in [7, 11) is 0. The maximum atomic E-state index is 12.5. The van der Waals surface area contributed by atoms with Crippen molar-refractivity contribution in [3.05, 3.63) is 51.6 Å². The number of hydrogen-bond acceptors (Lipinski definition) is 5. The molecule has 29 heavy (non-hydrogen) atoms. The molecular weight excluding hydrogens is 362 g/mol. The average molecular weight is 392 g/mol. The van der Waals surface area contributed by atoms with E-state index in [0.29, 0.717) is 6.04 Å². The van der Waals surface area contributed by atoms with Crippen molar-refractivity contribution in [3.8, 4) is 0 Å². The van der Waals surface area contributed by atoms with Gasteiger partial charge in [-0.05, 0) is 50.3 Å². The number of aromatic amines is 1. The standard InChI is InChI=1S/C23H29N5O/c1-16-14-28(21-6-2-3-9-24-21)12-11-27(16)15-17-7-8-18-20(13-17)26-23(29)19-5-4-10-25-22(18)19/h6-9,13,16,25H,2-5,10-12,14-15H2,1H3,(H,26,29). The van der Waals surface area contributed by atoms with Gasteiger partial charge in [0, 0.05) is 55.9 Å². The van der Waals surface area contributed by atoms with E-state index in [-0.39, 0.29) is 5.56 Å². The van der Waals surface area contributed by atoms with Crippen LogP contribution in [0, 0.1) is 0 Å². The Bertz CT molecular complexity index is 1040. The largest absolute Gasteiger partial charge is 0.384 e. The van der Waals surface area contributed by atoms with Crippen molar-refractivity contribution in [2.75, 3.05) is 31.5 Å². The smallest absolute Gasteiger partial charge is 0.253 e. The van der Waals surface area contributed by atoms with Crippen molar-refractivity contribution in [1.29, 1.82) is 0 Å². The second-order valence-electron chi connectivity index (χ2n) is 8.43. The molecule has 3 aliphatic heterocycles. The number of nitrogens with zero attached hydrogens (tertiary/aromatic N) is 3. The molecule has 0 amide bonds. The van der Waals surface area contributed by atoms with E-state index in [1.807, 2.05) is 6.21 Å². The topological polar surface area (TPSA) is 63.7 Å². The Balaban J connectivity index is 1.33. The zero-order valence-corrected chi connectivity index (χ0v) is 17.1. The van der Waals surface area contributed by atoms with E-state index in [1.165, 1.54) is 5.56 Å². The number of nitrogens with one attached hydrogen (secondary N) is 2. The van der Waals surface area contributed by atoms with Crippen molar-refractivity contribution in [2.45, 2.75) is 45.2 Å². The van der Waals surface area contributed by atoms with Crippen LogP contribution in [-0.2, 0) is 13.0 Å². The van der Waals surface area contributed by atoms with Crippen LogP contribution in [0.3, 0.4) is 0 Å². The molecule has 1 aromatic heterocycles. The number of piperazine rings is 1. The van der Waals surface area contributed by atoms with E-state index in [0.717, 1.165) is 86.4 Å². The molecule has 1 fully saturated rings. The van der Waals surface area contributed by atoms with Gasteiger partial charge in [0.15, 0.2) is 0 Å². The molecule has 0 saturated carbocycles. The van der Waals surface area contributed by atoms with Gasteiger partial charge in [-0.15, -0.1) is 0 Å². The summed E-state index contributed by atoms with van der Waals surface area (Å²) >= 11 is 0. The van der Waals surface area contributed by atoms with Crippen molar-refractivity contribution in [2.24, 2.45) is 4.99 Å². The first kappa shape index (κ1) is 18.4. The lowest BCUT2D eigenvalue weighted by Gasteiger charge is -2.41. The summed E-state index contributed by atoms with van der Waals surface area (Å²) in [5.74, 6) is 1.14. The van der Waals surface area contributed by atoms with E-state index < -0.39 is 0 Å². The molecule has 5 rings (SSSR count). The normalized spacial score (nSPS) is 22.3. The van der Waals surface area contributed by atoms with E-state index in [9.17, 15) is 4.79 Å². The molecule has 0 bridgehead atoms. The van der Waals surface area contributed by atoms with Gasteiger partial charge in [-0.1, -0.05) is 12.1 Å². The van der Waals surface area contributed by atoms with Crippen molar-refractivity contribution in [1.82, 2.24) is 14.8 Å². The van der Waals surface area contributed by atoms with Gasteiger partial charge in [0.05, 0.1) is 11.2 Å². The summed E-state index contributed by atoms with van der Waals surface area (Å²) < 4.78 is 0. The Kier molecular flexibility index (Phi) is 4.87. The van der Waals surface area contributed by atoms with Gasteiger partial charge in [-0.25, -0.2) is 4.99 Å². The summed E-state index contributed by atoms with van der Waals surface area (Å²) in [6, 6.07) is 6.99. The predicted octanol–water partition coefficient (Wildman–Crippen LogP) is 3.10. The highest BCUT2D eigenvalue weighted by Crippen LogP contribution is 2.28. The van der Waals surface area contributed by atoms with Crippen molar-refractivity contribution < 1.29 is 0 Å². The predicted molar refractivity (Wildman–Crippen MR) is 119 cm³/mol. The number of benzene rings is 1. The maximum Gasteiger partial charge on any atom is 0.253 e. The molecule has 2 N–H and O–H groups in total. The fraction of sp³-hybridized carbons (Fsp3) is 0.478. The third-order valence-corrected chi connectivity index (χ3v) is 6.40. The van der Waals surface area contributed by atoms with E-state index in [1.54, 1.807) is 0 Å². The Labute approximate surface area is 171 Å². The molecular formula is C23H29N5O. The fourth-order valence-electron chi connectivity index (χ4n) is 4.79. The number of allylic oxidation sites excluding steroid dienone is 1. The first-order valence-corrected chi connectivity index (χ1v) is 10.8. The molecule has 6 heteroatoms.